The molecule has 1 N–H and O–H groups in total. The Morgan fingerprint density at radius 3 is 1.96 bits per heavy atom. The lowest BCUT2D eigenvalue weighted by Crippen LogP contribution is -2.44. The van der Waals surface area contributed by atoms with Gasteiger partial charge in [-0.1, -0.05) is 54.6 Å². The quantitative estimate of drug-likeness (QED) is 0.0517. The number of methoxy groups -OCH3 is 3. The van der Waals surface area contributed by atoms with Crippen molar-refractivity contribution in [3.05, 3.63) is 129 Å². The van der Waals surface area contributed by atoms with E-state index < -0.39 is 56.1 Å². The van der Waals surface area contributed by atoms with Crippen LogP contribution in [-0.2, 0) is 33.6 Å². The van der Waals surface area contributed by atoms with Crippen LogP contribution in [0.2, 0.25) is 0 Å². The summed E-state index contributed by atoms with van der Waals surface area (Å²) in [6.07, 6.45) is -4.55. The number of ether oxygens (including phenoxy) is 6. The lowest BCUT2D eigenvalue weighted by molar-refractivity contribution is -0.0957. The molecule has 0 spiro atoms. The minimum absolute atomic E-state index is 0.0598. The molecular weight excluding hydrogens is 755 g/mol. The third-order valence-electron chi connectivity index (χ3n) is 9.32. The summed E-state index contributed by atoms with van der Waals surface area (Å²) >= 11 is 0. The summed E-state index contributed by atoms with van der Waals surface area (Å²) in [5, 5.41) is 9.37. The molecule has 1 saturated heterocycles. The normalized spacial score (nSPS) is 18.7. The number of benzene rings is 3. The van der Waals surface area contributed by atoms with Gasteiger partial charge in [-0.15, -0.1) is 0 Å². The lowest BCUT2D eigenvalue weighted by Gasteiger charge is -2.39. The van der Waals surface area contributed by atoms with Gasteiger partial charge in [-0.25, -0.2) is 14.3 Å². The monoisotopic (exact) mass is 804 g/mol. The molecule has 1 aliphatic rings. The Morgan fingerprint density at radius 1 is 0.877 bits per heavy atom. The van der Waals surface area contributed by atoms with Gasteiger partial charge in [0.1, 0.15) is 29.3 Å². The Morgan fingerprint density at radius 2 is 1.46 bits per heavy atom. The van der Waals surface area contributed by atoms with Crippen molar-refractivity contribution in [2.75, 3.05) is 34.5 Å². The van der Waals surface area contributed by atoms with Gasteiger partial charge in [0.05, 0.1) is 47.0 Å². The van der Waals surface area contributed by atoms with Crippen molar-refractivity contribution in [2.45, 2.75) is 76.3 Å². The fourth-order valence-electron chi connectivity index (χ4n) is 6.79. The second kappa shape index (κ2) is 19.9. The van der Waals surface area contributed by atoms with Gasteiger partial charge in [0.2, 0.25) is 0 Å². The van der Waals surface area contributed by atoms with Crippen LogP contribution in [0.25, 0.3) is 0 Å². The van der Waals surface area contributed by atoms with Gasteiger partial charge in [0.15, 0.2) is 12.3 Å². The van der Waals surface area contributed by atoms with Crippen LogP contribution in [0.4, 0.5) is 4.79 Å². The number of aromatic amines is 1. The summed E-state index contributed by atoms with van der Waals surface area (Å²) in [5.41, 5.74) is -0.440. The van der Waals surface area contributed by atoms with E-state index >= 15 is 0 Å². The van der Waals surface area contributed by atoms with Gasteiger partial charge in [-0.3, -0.25) is 14.3 Å². The average molecular weight is 805 g/mol. The number of carbonyl (C=O) groups excluding carboxylic acids is 1. The number of carbonyl (C=O) groups is 1. The van der Waals surface area contributed by atoms with Gasteiger partial charge < -0.3 is 37.5 Å². The SMILES string of the molecule is COC(=O)O[C@@H]1[C@H](OP(OCCC#N)N(C(C)C)C(C)C)[C@@H](COC(c2ccccc2)(c2ccc(OC)cc2)c2ccc(OC)cc2)O[C@H]1n1ccc(=O)[nH]c1=O. The molecule has 0 aliphatic carbocycles. The van der Waals surface area contributed by atoms with Crippen LogP contribution in [-0.4, -0.2) is 85.3 Å². The van der Waals surface area contributed by atoms with Crippen LogP contribution in [0.5, 0.6) is 11.5 Å². The van der Waals surface area contributed by atoms with E-state index in [4.69, 9.17) is 37.5 Å². The molecule has 5 atom stereocenters. The highest BCUT2D eigenvalue weighted by molar-refractivity contribution is 7.44. The van der Waals surface area contributed by atoms with Gasteiger partial charge >= 0.3 is 11.8 Å². The molecule has 2 heterocycles. The van der Waals surface area contributed by atoms with E-state index in [1.807, 2.05) is 111 Å². The number of nitrogens with zero attached hydrogens (tertiary/aromatic N) is 3. The highest BCUT2D eigenvalue weighted by Gasteiger charge is 2.53. The molecule has 0 amide bonds. The molecule has 1 unspecified atom stereocenters. The first-order valence-corrected chi connectivity index (χ1v) is 19.5. The van der Waals surface area contributed by atoms with Gasteiger partial charge in [-0.05, 0) is 68.7 Å². The molecule has 3 aromatic carbocycles. The van der Waals surface area contributed by atoms with E-state index in [1.54, 1.807) is 14.2 Å². The number of nitriles is 1. The Hall–Kier alpha value is -5.07. The van der Waals surface area contributed by atoms with Crippen LogP contribution >= 0.6 is 8.53 Å². The predicted octanol–water partition coefficient (Wildman–Crippen LogP) is 6.27. The summed E-state index contributed by atoms with van der Waals surface area (Å²) in [5.74, 6) is 1.29. The summed E-state index contributed by atoms with van der Waals surface area (Å²) in [6, 6.07) is 27.8. The van der Waals surface area contributed by atoms with Crippen molar-refractivity contribution in [3.63, 3.8) is 0 Å². The third kappa shape index (κ3) is 9.91. The molecule has 1 aliphatic heterocycles. The largest absolute Gasteiger partial charge is 0.508 e. The number of nitrogens with one attached hydrogen (secondary N) is 1. The van der Waals surface area contributed by atoms with E-state index in [9.17, 15) is 19.6 Å². The second-order valence-corrected chi connectivity index (χ2v) is 15.0. The van der Waals surface area contributed by atoms with Crippen LogP contribution in [0.3, 0.4) is 0 Å². The maximum atomic E-state index is 13.3. The molecule has 0 bridgehead atoms. The van der Waals surface area contributed by atoms with E-state index in [1.165, 1.54) is 6.20 Å². The molecule has 57 heavy (non-hydrogen) atoms. The van der Waals surface area contributed by atoms with Crippen LogP contribution in [0, 0.1) is 11.3 Å². The Kier molecular flexibility index (Phi) is 15.0. The number of aromatic nitrogens is 2. The number of hydrogen-bond donors (Lipinski definition) is 1. The van der Waals surface area contributed by atoms with Crippen molar-refractivity contribution < 1.29 is 42.3 Å². The molecule has 304 valence electrons. The minimum Gasteiger partial charge on any atom is -0.497 e. The third-order valence-corrected chi connectivity index (χ3v) is 11.4. The van der Waals surface area contributed by atoms with E-state index in [2.05, 4.69) is 11.1 Å². The number of hydrogen-bond acceptors (Lipinski definition) is 13. The second-order valence-electron chi connectivity index (χ2n) is 13.6. The first kappa shape index (κ1) is 43.1. The molecule has 15 nitrogen and oxygen atoms in total. The zero-order chi connectivity index (χ0) is 41.1. The van der Waals surface area contributed by atoms with Crippen molar-refractivity contribution in [3.8, 4) is 17.6 Å². The summed E-state index contributed by atoms with van der Waals surface area (Å²) in [7, 11) is 2.39. The summed E-state index contributed by atoms with van der Waals surface area (Å²) < 4.78 is 51.9. The van der Waals surface area contributed by atoms with E-state index in [-0.39, 0.29) is 31.7 Å². The number of rotatable bonds is 18. The van der Waals surface area contributed by atoms with Gasteiger partial charge in [-0.2, -0.15) is 5.26 Å². The topological polar surface area (TPSA) is 173 Å². The maximum absolute atomic E-state index is 13.3. The van der Waals surface area contributed by atoms with Crippen molar-refractivity contribution in [2.24, 2.45) is 0 Å². The zero-order valence-electron chi connectivity index (χ0n) is 33.0. The minimum atomic E-state index is -1.95. The van der Waals surface area contributed by atoms with E-state index in [0.717, 1.165) is 34.4 Å². The molecule has 1 fully saturated rings. The Labute approximate surface area is 332 Å². The predicted molar refractivity (Wildman–Crippen MR) is 211 cm³/mol. The van der Waals surface area contributed by atoms with Crippen molar-refractivity contribution >= 4 is 14.7 Å². The molecule has 4 aromatic rings. The molecular formula is C41H49N4O11P. The molecule has 16 heteroatoms. The van der Waals surface area contributed by atoms with Gasteiger partial charge in [0, 0.05) is 24.3 Å². The fraction of sp³-hybridized carbons (Fsp3) is 0.415. The highest BCUT2D eigenvalue weighted by Crippen LogP contribution is 2.51. The summed E-state index contributed by atoms with van der Waals surface area (Å²) in [4.78, 5) is 40.6. The standard InChI is InChI=1S/C41H49N4O11P/c1-27(2)45(28(3)4)57(53-25-11-23-42)56-36-34(54-38(37(36)55-40(48)51-7)44-24-22-35(46)43-39(44)47)26-52-41(29-12-9-8-10-13-29,30-14-18-32(49-5)19-15-30)31-16-20-33(50-6)21-17-31/h8-10,12-22,24,27-28,34,36-38H,11,25-26H2,1-7H3,(H,43,46,47)/t34-,36-,37-,38-,57?/m1/s1. The van der Waals surface area contributed by atoms with Crippen molar-refractivity contribution in [1.82, 2.24) is 14.2 Å². The summed E-state index contributed by atoms with van der Waals surface area (Å²) in [6.45, 7) is 7.81. The first-order valence-electron chi connectivity index (χ1n) is 18.4. The molecule has 1 aromatic heterocycles. The first-order chi connectivity index (χ1) is 27.5. The van der Waals surface area contributed by atoms with Crippen LogP contribution < -0.4 is 20.7 Å². The molecule has 0 radical (unpaired) electrons. The van der Waals surface area contributed by atoms with Gasteiger partial charge in [0.25, 0.3) is 14.1 Å². The highest BCUT2D eigenvalue weighted by atomic mass is 31.2. The lowest BCUT2D eigenvalue weighted by atomic mass is 9.80. The number of H-pyrrole nitrogens is 1. The maximum Gasteiger partial charge on any atom is 0.508 e. The van der Waals surface area contributed by atoms with Crippen molar-refractivity contribution in [1.29, 1.82) is 5.26 Å². The molecule has 0 saturated carbocycles. The van der Waals surface area contributed by atoms with Crippen LogP contribution in [0.1, 0.15) is 57.0 Å². The van der Waals surface area contributed by atoms with E-state index in [0.29, 0.717) is 11.5 Å². The Balaban J connectivity index is 1.69. The fourth-order valence-corrected chi connectivity index (χ4v) is 8.55. The molecule has 5 rings (SSSR count). The van der Waals surface area contributed by atoms with Crippen LogP contribution in [0.15, 0.2) is 101 Å². The smallest absolute Gasteiger partial charge is 0.497 e. The Bertz CT molecular complexity index is 2000. The average Bonchev–Trinajstić information content (AvgIpc) is 3.53. The zero-order valence-corrected chi connectivity index (χ0v) is 33.9.